The lowest BCUT2D eigenvalue weighted by Crippen LogP contribution is -2.03. The summed E-state index contributed by atoms with van der Waals surface area (Å²) in [5.41, 5.74) is 0. The molecular formula is C9H16O. The summed E-state index contributed by atoms with van der Waals surface area (Å²) in [5.74, 6) is 0. The van der Waals surface area contributed by atoms with Crippen molar-refractivity contribution in [2.75, 3.05) is 6.61 Å². The van der Waals surface area contributed by atoms with Crippen LogP contribution in [0.4, 0.5) is 0 Å². The van der Waals surface area contributed by atoms with Crippen molar-refractivity contribution in [2.45, 2.75) is 26.9 Å². The molecule has 1 nitrogen and oxygen atoms in total. The Kier molecular flexibility index (Phi) is 6.19. The summed E-state index contributed by atoms with van der Waals surface area (Å²) in [7, 11) is 0. The smallest absolute Gasteiger partial charge is 0.0731 e. The first-order valence-corrected chi connectivity index (χ1v) is 3.66. The summed E-state index contributed by atoms with van der Waals surface area (Å²) in [6, 6.07) is 0. The molecule has 0 radical (unpaired) electrons. The number of ether oxygens (including phenoxy) is 1. The third-order valence-corrected chi connectivity index (χ3v) is 1.15. The van der Waals surface area contributed by atoms with Crippen LogP contribution in [0.15, 0.2) is 24.3 Å². The van der Waals surface area contributed by atoms with E-state index in [1.54, 1.807) is 0 Å². The highest BCUT2D eigenvalue weighted by Gasteiger charge is 1.90. The van der Waals surface area contributed by atoms with Crippen molar-refractivity contribution < 1.29 is 4.74 Å². The summed E-state index contributed by atoms with van der Waals surface area (Å²) in [6.45, 7) is 6.73. The molecule has 0 aromatic rings. The minimum atomic E-state index is 0.237. The van der Waals surface area contributed by atoms with E-state index < -0.39 is 0 Å². The molecule has 0 heterocycles. The van der Waals surface area contributed by atoms with E-state index in [9.17, 15) is 0 Å². The molecule has 10 heavy (non-hydrogen) atoms. The lowest BCUT2D eigenvalue weighted by atomic mass is 10.3. The van der Waals surface area contributed by atoms with Gasteiger partial charge >= 0.3 is 0 Å². The molecule has 0 rings (SSSR count). The Morgan fingerprint density at radius 1 is 1.30 bits per heavy atom. The largest absolute Gasteiger partial charge is 0.370 e. The molecule has 0 saturated heterocycles. The van der Waals surface area contributed by atoms with Crippen molar-refractivity contribution in [1.82, 2.24) is 0 Å². The highest BCUT2D eigenvalue weighted by Crippen LogP contribution is 1.92. The van der Waals surface area contributed by atoms with Gasteiger partial charge in [-0.1, -0.05) is 24.3 Å². The molecular weight excluding hydrogens is 124 g/mol. The van der Waals surface area contributed by atoms with Crippen molar-refractivity contribution in [3.8, 4) is 0 Å². The fourth-order valence-corrected chi connectivity index (χ4v) is 0.630. The summed E-state index contributed by atoms with van der Waals surface area (Å²) in [5, 5.41) is 0. The van der Waals surface area contributed by atoms with E-state index in [1.807, 2.05) is 45.1 Å². The molecule has 0 aliphatic carbocycles. The van der Waals surface area contributed by atoms with E-state index >= 15 is 0 Å². The van der Waals surface area contributed by atoms with Crippen molar-refractivity contribution in [3.63, 3.8) is 0 Å². The number of allylic oxidation sites excluding steroid dienone is 2. The van der Waals surface area contributed by atoms with E-state index in [2.05, 4.69) is 0 Å². The second kappa shape index (κ2) is 6.56. The van der Waals surface area contributed by atoms with Crippen LogP contribution in [0.25, 0.3) is 0 Å². The maximum absolute atomic E-state index is 5.35. The SMILES string of the molecule is C/C=C/COC(C)/C=C/C. The van der Waals surface area contributed by atoms with Crippen LogP contribution in [-0.4, -0.2) is 12.7 Å². The van der Waals surface area contributed by atoms with Gasteiger partial charge in [0, 0.05) is 0 Å². The molecule has 1 unspecified atom stereocenters. The predicted octanol–water partition coefficient (Wildman–Crippen LogP) is 2.54. The first kappa shape index (κ1) is 9.44. The predicted molar refractivity (Wildman–Crippen MR) is 45.0 cm³/mol. The van der Waals surface area contributed by atoms with Crippen molar-refractivity contribution in [1.29, 1.82) is 0 Å². The van der Waals surface area contributed by atoms with Crippen LogP contribution in [0.1, 0.15) is 20.8 Å². The van der Waals surface area contributed by atoms with Gasteiger partial charge in [0.1, 0.15) is 0 Å². The van der Waals surface area contributed by atoms with Gasteiger partial charge < -0.3 is 4.74 Å². The van der Waals surface area contributed by atoms with E-state index in [-0.39, 0.29) is 6.10 Å². The molecule has 0 aliphatic rings. The third-order valence-electron chi connectivity index (χ3n) is 1.15. The quantitative estimate of drug-likeness (QED) is 0.545. The monoisotopic (exact) mass is 140 g/mol. The minimum Gasteiger partial charge on any atom is -0.370 e. The number of hydrogen-bond donors (Lipinski definition) is 0. The van der Waals surface area contributed by atoms with Crippen LogP contribution < -0.4 is 0 Å². The standard InChI is InChI=1S/C9H16O/c1-4-6-8-10-9(3)7-5-2/h4-7,9H,8H2,1-3H3/b6-4+,7-5+. The van der Waals surface area contributed by atoms with Gasteiger partial charge in [-0.25, -0.2) is 0 Å². The number of rotatable bonds is 4. The van der Waals surface area contributed by atoms with Gasteiger partial charge in [0.2, 0.25) is 0 Å². The zero-order valence-electron chi connectivity index (χ0n) is 7.00. The summed E-state index contributed by atoms with van der Waals surface area (Å²) in [4.78, 5) is 0. The zero-order valence-corrected chi connectivity index (χ0v) is 7.00. The van der Waals surface area contributed by atoms with E-state index in [0.717, 1.165) is 0 Å². The molecule has 0 aromatic heterocycles. The summed E-state index contributed by atoms with van der Waals surface area (Å²) >= 11 is 0. The fourth-order valence-electron chi connectivity index (χ4n) is 0.630. The van der Waals surface area contributed by atoms with Gasteiger partial charge in [-0.3, -0.25) is 0 Å². The van der Waals surface area contributed by atoms with Crippen LogP contribution in [0.3, 0.4) is 0 Å². The minimum absolute atomic E-state index is 0.237. The topological polar surface area (TPSA) is 9.23 Å². The van der Waals surface area contributed by atoms with Crippen LogP contribution in [0, 0.1) is 0 Å². The highest BCUT2D eigenvalue weighted by molar-refractivity contribution is 4.85. The van der Waals surface area contributed by atoms with Crippen molar-refractivity contribution in [2.24, 2.45) is 0 Å². The average molecular weight is 140 g/mol. The second-order valence-electron chi connectivity index (χ2n) is 2.13. The van der Waals surface area contributed by atoms with Crippen LogP contribution in [-0.2, 0) is 4.74 Å². The first-order chi connectivity index (χ1) is 4.81. The molecule has 58 valence electrons. The van der Waals surface area contributed by atoms with Gasteiger partial charge in [0.15, 0.2) is 0 Å². The lowest BCUT2D eigenvalue weighted by molar-refractivity contribution is 0.123. The molecule has 0 N–H and O–H groups in total. The molecule has 1 atom stereocenters. The maximum atomic E-state index is 5.35. The molecule has 0 amide bonds. The van der Waals surface area contributed by atoms with Gasteiger partial charge in [-0.05, 0) is 20.8 Å². The van der Waals surface area contributed by atoms with Gasteiger partial charge in [0.25, 0.3) is 0 Å². The Morgan fingerprint density at radius 3 is 2.50 bits per heavy atom. The number of hydrogen-bond acceptors (Lipinski definition) is 1. The van der Waals surface area contributed by atoms with Gasteiger partial charge in [0.05, 0.1) is 12.7 Å². The molecule has 0 aromatic carbocycles. The molecule has 1 heteroatoms. The Morgan fingerprint density at radius 2 is 2.00 bits per heavy atom. The van der Waals surface area contributed by atoms with Crippen LogP contribution in [0.5, 0.6) is 0 Å². The average Bonchev–Trinajstić information content (AvgIpc) is 1.89. The van der Waals surface area contributed by atoms with Crippen molar-refractivity contribution >= 4 is 0 Å². The third kappa shape index (κ3) is 5.57. The molecule has 0 spiro atoms. The molecule has 0 saturated carbocycles. The normalized spacial score (nSPS) is 15.1. The van der Waals surface area contributed by atoms with Gasteiger partial charge in [-0.15, -0.1) is 0 Å². The zero-order chi connectivity index (χ0) is 7.82. The lowest BCUT2D eigenvalue weighted by Gasteiger charge is -2.04. The molecule has 0 bridgehead atoms. The summed E-state index contributed by atoms with van der Waals surface area (Å²) < 4.78 is 5.35. The Bertz CT molecular complexity index is 114. The van der Waals surface area contributed by atoms with Crippen LogP contribution >= 0.6 is 0 Å². The second-order valence-corrected chi connectivity index (χ2v) is 2.13. The Labute approximate surface area is 63.4 Å². The molecule has 0 fully saturated rings. The fraction of sp³-hybridized carbons (Fsp3) is 0.556. The summed E-state index contributed by atoms with van der Waals surface area (Å²) in [6.07, 6.45) is 8.26. The van der Waals surface area contributed by atoms with Crippen molar-refractivity contribution in [3.05, 3.63) is 24.3 Å². The van der Waals surface area contributed by atoms with Crippen LogP contribution in [0.2, 0.25) is 0 Å². The van der Waals surface area contributed by atoms with E-state index in [1.165, 1.54) is 0 Å². The van der Waals surface area contributed by atoms with E-state index in [4.69, 9.17) is 4.74 Å². The maximum Gasteiger partial charge on any atom is 0.0731 e. The van der Waals surface area contributed by atoms with E-state index in [0.29, 0.717) is 6.61 Å². The Balaban J connectivity index is 3.30. The Hall–Kier alpha value is -0.560. The van der Waals surface area contributed by atoms with Gasteiger partial charge in [-0.2, -0.15) is 0 Å². The first-order valence-electron chi connectivity index (χ1n) is 3.66. The molecule has 0 aliphatic heterocycles. The highest BCUT2D eigenvalue weighted by atomic mass is 16.5.